The third kappa shape index (κ3) is 5.52. The first kappa shape index (κ1) is 24.3. The molecule has 0 spiro atoms. The van der Waals surface area contributed by atoms with Crippen molar-refractivity contribution in [3.8, 4) is 28.3 Å². The Kier molecular flexibility index (Phi) is 6.92. The summed E-state index contributed by atoms with van der Waals surface area (Å²) in [6.45, 7) is 3.85. The lowest BCUT2D eigenvalue weighted by Gasteiger charge is -2.27. The third-order valence-electron chi connectivity index (χ3n) is 6.23. The van der Waals surface area contributed by atoms with Crippen molar-refractivity contribution in [3.63, 3.8) is 0 Å². The fourth-order valence-corrected chi connectivity index (χ4v) is 4.37. The highest BCUT2D eigenvalue weighted by Gasteiger charge is 2.35. The molecule has 2 aliphatic rings. The number of hydrogen-bond acceptors (Lipinski definition) is 8. The van der Waals surface area contributed by atoms with Gasteiger partial charge in [-0.05, 0) is 50.2 Å². The second-order valence-corrected chi connectivity index (χ2v) is 8.79. The summed E-state index contributed by atoms with van der Waals surface area (Å²) in [4.78, 5) is 15.0. The Morgan fingerprint density at radius 1 is 1.03 bits per heavy atom. The first-order valence-electron chi connectivity index (χ1n) is 11.9. The van der Waals surface area contributed by atoms with E-state index in [2.05, 4.69) is 15.3 Å². The molecule has 0 atom stereocenters. The van der Waals surface area contributed by atoms with E-state index in [-0.39, 0.29) is 23.2 Å². The number of piperidine rings is 1. The van der Waals surface area contributed by atoms with Crippen molar-refractivity contribution in [2.75, 3.05) is 50.0 Å². The van der Waals surface area contributed by atoms with Crippen molar-refractivity contribution in [2.24, 2.45) is 0 Å². The zero-order chi connectivity index (χ0) is 25.1. The van der Waals surface area contributed by atoms with Gasteiger partial charge in [-0.2, -0.15) is 13.2 Å². The number of hydrogen-bond donors (Lipinski definition) is 2. The molecule has 0 unspecified atom stereocenters. The monoisotopic (exact) mass is 500 g/mol. The molecule has 0 saturated carbocycles. The maximum atomic E-state index is 13.9. The van der Waals surface area contributed by atoms with Crippen LogP contribution in [-0.4, -0.2) is 60.4 Å². The van der Waals surface area contributed by atoms with E-state index in [0.29, 0.717) is 43.7 Å². The fraction of sp³-hybridized carbons (Fsp3) is 0.400. The summed E-state index contributed by atoms with van der Waals surface area (Å²) in [5.74, 6) is 0.814. The number of anilines is 2. The van der Waals surface area contributed by atoms with Crippen molar-refractivity contribution in [1.29, 1.82) is 0 Å². The average molecular weight is 501 g/mol. The molecule has 36 heavy (non-hydrogen) atoms. The van der Waals surface area contributed by atoms with Gasteiger partial charge in [-0.3, -0.25) is 0 Å². The van der Waals surface area contributed by atoms with Crippen LogP contribution >= 0.6 is 0 Å². The Morgan fingerprint density at radius 3 is 2.53 bits per heavy atom. The summed E-state index contributed by atoms with van der Waals surface area (Å²) in [6.07, 6.45) is -1.58. The molecule has 0 aliphatic carbocycles. The molecule has 3 N–H and O–H groups in total. The number of rotatable bonds is 5. The van der Waals surface area contributed by atoms with Gasteiger partial charge in [0.05, 0.1) is 30.2 Å². The molecule has 190 valence electrons. The highest BCUT2D eigenvalue weighted by Crippen LogP contribution is 2.38. The van der Waals surface area contributed by atoms with Crippen LogP contribution in [0.3, 0.4) is 0 Å². The number of alkyl halides is 3. The highest BCUT2D eigenvalue weighted by atomic mass is 19.4. The van der Waals surface area contributed by atoms with Gasteiger partial charge in [0.2, 0.25) is 5.95 Å². The predicted molar refractivity (Wildman–Crippen MR) is 130 cm³/mol. The molecule has 8 nitrogen and oxygen atoms in total. The lowest BCUT2D eigenvalue weighted by atomic mass is 10.0. The largest absolute Gasteiger partial charge is 0.490 e. The number of nitrogens with one attached hydrogen (secondary N) is 1. The molecule has 2 aromatic heterocycles. The van der Waals surface area contributed by atoms with Gasteiger partial charge in [-0.25, -0.2) is 15.0 Å². The Morgan fingerprint density at radius 2 is 1.78 bits per heavy atom. The number of benzene rings is 1. The number of nitrogen functional groups attached to an aromatic ring is 1. The maximum absolute atomic E-state index is 13.9. The summed E-state index contributed by atoms with van der Waals surface area (Å²) < 4.78 is 53.3. The molecular weight excluding hydrogens is 473 g/mol. The molecule has 0 radical (unpaired) electrons. The second-order valence-electron chi connectivity index (χ2n) is 8.79. The van der Waals surface area contributed by atoms with E-state index in [4.69, 9.17) is 20.2 Å². The van der Waals surface area contributed by atoms with Crippen molar-refractivity contribution >= 4 is 11.8 Å². The van der Waals surface area contributed by atoms with Crippen LogP contribution in [0, 0.1) is 0 Å². The lowest BCUT2D eigenvalue weighted by molar-refractivity contribution is -0.137. The van der Waals surface area contributed by atoms with E-state index in [1.165, 1.54) is 0 Å². The van der Waals surface area contributed by atoms with Gasteiger partial charge in [-0.15, -0.1) is 0 Å². The summed E-state index contributed by atoms with van der Waals surface area (Å²) >= 11 is 0. The zero-order valence-electron chi connectivity index (χ0n) is 19.6. The van der Waals surface area contributed by atoms with Crippen molar-refractivity contribution in [3.05, 3.63) is 48.2 Å². The topological polar surface area (TPSA) is 98.4 Å². The lowest BCUT2D eigenvalue weighted by Crippen LogP contribution is -2.37. The average Bonchev–Trinajstić information content (AvgIpc) is 2.89. The SMILES string of the molecule is Nc1cc(C(F)(F)F)c(-c2cc(-c3cccc(OC4CCNCC4)c3)nc(N3CCOCC3)n2)cn1. The fourth-order valence-electron chi connectivity index (χ4n) is 4.37. The Balaban J connectivity index is 1.57. The minimum Gasteiger partial charge on any atom is -0.490 e. The molecule has 2 fully saturated rings. The smallest absolute Gasteiger partial charge is 0.417 e. The number of pyridine rings is 1. The van der Waals surface area contributed by atoms with Gasteiger partial charge < -0.3 is 25.4 Å². The predicted octanol–water partition coefficient (Wildman–Crippen LogP) is 3.77. The van der Waals surface area contributed by atoms with Crippen LogP contribution in [0.25, 0.3) is 22.5 Å². The van der Waals surface area contributed by atoms with E-state index in [1.807, 2.05) is 29.2 Å². The Bertz CT molecular complexity index is 1210. The van der Waals surface area contributed by atoms with Crippen LogP contribution in [-0.2, 0) is 10.9 Å². The molecule has 2 saturated heterocycles. The highest BCUT2D eigenvalue weighted by molar-refractivity contribution is 5.73. The summed E-state index contributed by atoms with van der Waals surface area (Å²) in [5.41, 5.74) is 5.85. The van der Waals surface area contributed by atoms with E-state index >= 15 is 0 Å². The number of aromatic nitrogens is 3. The number of nitrogens with two attached hydrogens (primary N) is 1. The molecular formula is C25H27F3N6O2. The quantitative estimate of drug-likeness (QED) is 0.546. The first-order valence-corrected chi connectivity index (χ1v) is 11.9. The number of halogens is 3. The second kappa shape index (κ2) is 10.3. The standard InChI is InChI=1S/C25H27F3N6O2/c26-25(27,28)20-13-23(29)31-15-19(20)22-14-21(32-24(33-22)34-8-10-35-11-9-34)16-2-1-3-18(12-16)36-17-4-6-30-7-5-17/h1-3,12-15,17,30H,4-11H2,(H2,29,31). The van der Waals surface area contributed by atoms with E-state index in [0.717, 1.165) is 43.8 Å². The molecule has 4 heterocycles. The van der Waals surface area contributed by atoms with Crippen molar-refractivity contribution < 1.29 is 22.6 Å². The van der Waals surface area contributed by atoms with Crippen LogP contribution in [0.15, 0.2) is 42.6 Å². The van der Waals surface area contributed by atoms with Gasteiger partial charge in [0.25, 0.3) is 0 Å². The molecule has 0 amide bonds. The van der Waals surface area contributed by atoms with Crippen LogP contribution in [0.1, 0.15) is 18.4 Å². The molecule has 11 heteroatoms. The summed E-state index contributed by atoms with van der Waals surface area (Å²) in [7, 11) is 0. The molecule has 5 rings (SSSR count). The van der Waals surface area contributed by atoms with Crippen LogP contribution in [0.2, 0.25) is 0 Å². The van der Waals surface area contributed by atoms with Gasteiger partial charge in [-0.1, -0.05) is 12.1 Å². The Labute approximate surface area is 206 Å². The van der Waals surface area contributed by atoms with Crippen LogP contribution in [0.5, 0.6) is 5.75 Å². The number of nitrogens with zero attached hydrogens (tertiary/aromatic N) is 4. The van der Waals surface area contributed by atoms with Crippen molar-refractivity contribution in [2.45, 2.75) is 25.1 Å². The number of morpholine rings is 1. The van der Waals surface area contributed by atoms with E-state index < -0.39 is 11.7 Å². The minimum absolute atomic E-state index is 0.113. The minimum atomic E-state index is -4.63. The summed E-state index contributed by atoms with van der Waals surface area (Å²) in [6, 6.07) is 9.84. The van der Waals surface area contributed by atoms with Crippen molar-refractivity contribution in [1.82, 2.24) is 20.3 Å². The third-order valence-corrected chi connectivity index (χ3v) is 6.23. The van der Waals surface area contributed by atoms with Gasteiger partial charge in [0, 0.05) is 30.4 Å². The first-order chi connectivity index (χ1) is 17.4. The number of ether oxygens (including phenoxy) is 2. The molecule has 1 aromatic carbocycles. The van der Waals surface area contributed by atoms with Crippen LogP contribution < -0.4 is 20.7 Å². The molecule has 0 bridgehead atoms. The zero-order valence-corrected chi connectivity index (χ0v) is 19.6. The van der Waals surface area contributed by atoms with E-state index in [9.17, 15) is 13.2 Å². The van der Waals surface area contributed by atoms with Crippen LogP contribution in [0.4, 0.5) is 24.9 Å². The Hall–Kier alpha value is -3.44. The molecule has 3 aromatic rings. The van der Waals surface area contributed by atoms with Gasteiger partial charge >= 0.3 is 6.18 Å². The van der Waals surface area contributed by atoms with Gasteiger partial charge in [0.1, 0.15) is 17.7 Å². The van der Waals surface area contributed by atoms with Gasteiger partial charge in [0.15, 0.2) is 0 Å². The van der Waals surface area contributed by atoms with E-state index in [1.54, 1.807) is 6.07 Å². The maximum Gasteiger partial charge on any atom is 0.417 e. The normalized spacial score (nSPS) is 17.2. The molecule has 2 aliphatic heterocycles. The summed E-state index contributed by atoms with van der Waals surface area (Å²) in [5, 5.41) is 3.31.